The van der Waals surface area contributed by atoms with Crippen LogP contribution in [0.15, 0.2) is 36.5 Å². The van der Waals surface area contributed by atoms with Crippen LogP contribution in [0.1, 0.15) is 21.5 Å². The minimum Gasteiger partial charge on any atom is -0.319 e. The number of nitrogens with zero attached hydrogens (tertiary/aromatic N) is 1. The second-order valence-electron chi connectivity index (χ2n) is 4.14. The number of pyridine rings is 1. The van der Waals surface area contributed by atoms with Crippen molar-refractivity contribution in [1.82, 2.24) is 4.98 Å². The number of benzene rings is 1. The number of hydrogen-bond acceptors (Lipinski definition) is 2. The molecule has 2 rings (SSSR count). The summed E-state index contributed by atoms with van der Waals surface area (Å²) in [5.41, 5.74) is 2.86. The van der Waals surface area contributed by atoms with Crippen molar-refractivity contribution < 1.29 is 4.79 Å². The summed E-state index contributed by atoms with van der Waals surface area (Å²) >= 11 is 11.7. The van der Waals surface area contributed by atoms with E-state index in [1.54, 1.807) is 30.5 Å². The largest absolute Gasteiger partial charge is 0.319 e. The number of aryl methyl sites for hydroxylation is 1. The third kappa shape index (κ3) is 3.46. The summed E-state index contributed by atoms with van der Waals surface area (Å²) in [5, 5.41) is 3.01. The Balaban J connectivity index is 2.22. The maximum Gasteiger partial charge on any atom is 0.255 e. The number of carbonyl (C=O) groups is 1. The fraction of sp³-hybridized carbons (Fsp3) is 0.143. The number of rotatable bonds is 3. The maximum absolute atomic E-state index is 12.1. The molecule has 19 heavy (non-hydrogen) atoms. The smallest absolute Gasteiger partial charge is 0.255 e. The second-order valence-corrected chi connectivity index (χ2v) is 4.76. The van der Waals surface area contributed by atoms with Gasteiger partial charge < -0.3 is 5.32 Å². The molecule has 0 radical (unpaired) electrons. The lowest BCUT2D eigenvalue weighted by molar-refractivity contribution is 0.102. The summed E-state index contributed by atoms with van der Waals surface area (Å²) < 4.78 is 0. The van der Waals surface area contributed by atoms with Crippen LogP contribution < -0.4 is 5.32 Å². The predicted molar refractivity (Wildman–Crippen MR) is 77.9 cm³/mol. The first-order valence-electron chi connectivity index (χ1n) is 5.68. The molecule has 1 heterocycles. The van der Waals surface area contributed by atoms with E-state index in [0.29, 0.717) is 17.1 Å². The number of hydrogen-bond donors (Lipinski definition) is 1. The van der Waals surface area contributed by atoms with Gasteiger partial charge in [-0.05, 0) is 36.2 Å². The van der Waals surface area contributed by atoms with E-state index in [1.807, 2.05) is 13.0 Å². The molecular formula is C14H12Cl2N2O. The molecule has 0 aliphatic heterocycles. The van der Waals surface area contributed by atoms with Crippen LogP contribution in [0.25, 0.3) is 0 Å². The van der Waals surface area contributed by atoms with Gasteiger partial charge in [-0.2, -0.15) is 0 Å². The molecule has 2 aromatic rings. The predicted octanol–water partition coefficient (Wildman–Crippen LogP) is 4.03. The summed E-state index contributed by atoms with van der Waals surface area (Å²) in [6.45, 7) is 1.88. The van der Waals surface area contributed by atoms with E-state index in [0.717, 1.165) is 11.1 Å². The van der Waals surface area contributed by atoms with Crippen molar-refractivity contribution in [3.8, 4) is 0 Å². The van der Waals surface area contributed by atoms with Gasteiger partial charge >= 0.3 is 0 Å². The van der Waals surface area contributed by atoms with Gasteiger partial charge in [-0.25, -0.2) is 4.98 Å². The highest BCUT2D eigenvalue weighted by Crippen LogP contribution is 2.20. The highest BCUT2D eigenvalue weighted by Gasteiger charge is 2.09. The summed E-state index contributed by atoms with van der Waals surface area (Å²) in [4.78, 5) is 16.1. The van der Waals surface area contributed by atoms with E-state index in [2.05, 4.69) is 10.3 Å². The summed E-state index contributed by atoms with van der Waals surface area (Å²) in [6, 6.07) is 8.91. The molecule has 0 bridgehead atoms. The van der Waals surface area contributed by atoms with Crippen LogP contribution in [0.5, 0.6) is 0 Å². The van der Waals surface area contributed by atoms with E-state index in [1.165, 1.54) is 0 Å². The zero-order chi connectivity index (χ0) is 13.8. The van der Waals surface area contributed by atoms with Gasteiger partial charge in [-0.1, -0.05) is 23.7 Å². The van der Waals surface area contributed by atoms with E-state index in [-0.39, 0.29) is 11.1 Å². The van der Waals surface area contributed by atoms with Crippen molar-refractivity contribution in [3.63, 3.8) is 0 Å². The second kappa shape index (κ2) is 6.04. The van der Waals surface area contributed by atoms with Gasteiger partial charge in [0.2, 0.25) is 0 Å². The van der Waals surface area contributed by atoms with Crippen LogP contribution in [0.4, 0.5) is 5.69 Å². The van der Waals surface area contributed by atoms with Crippen LogP contribution in [-0.2, 0) is 5.88 Å². The molecule has 5 heteroatoms. The Hall–Kier alpha value is -1.58. The summed E-state index contributed by atoms with van der Waals surface area (Å²) in [5.74, 6) is 0.134. The number of alkyl halides is 1. The van der Waals surface area contributed by atoms with Gasteiger partial charge in [-0.3, -0.25) is 4.79 Å². The SMILES string of the molecule is Cc1cnc(Cl)c(NC(=O)c2cccc(CCl)c2)c1. The topological polar surface area (TPSA) is 42.0 Å². The normalized spacial score (nSPS) is 10.3. The molecule has 0 saturated carbocycles. The molecule has 98 valence electrons. The Morgan fingerprint density at radius 2 is 2.16 bits per heavy atom. The fourth-order valence-electron chi connectivity index (χ4n) is 1.63. The van der Waals surface area contributed by atoms with Gasteiger partial charge in [-0.15, -0.1) is 11.6 Å². The van der Waals surface area contributed by atoms with Crippen molar-refractivity contribution in [2.24, 2.45) is 0 Å². The lowest BCUT2D eigenvalue weighted by atomic mass is 10.1. The standard InChI is InChI=1S/C14H12Cl2N2O/c1-9-5-12(13(16)17-8-9)18-14(19)11-4-2-3-10(6-11)7-15/h2-6,8H,7H2,1H3,(H,18,19). The molecule has 0 unspecified atom stereocenters. The van der Waals surface area contributed by atoms with Crippen molar-refractivity contribution in [1.29, 1.82) is 0 Å². The average molecular weight is 295 g/mol. The molecule has 1 N–H and O–H groups in total. The number of aromatic nitrogens is 1. The highest BCUT2D eigenvalue weighted by atomic mass is 35.5. The lowest BCUT2D eigenvalue weighted by Crippen LogP contribution is -2.12. The molecular weight excluding hydrogens is 283 g/mol. The Kier molecular flexibility index (Phi) is 4.40. The van der Waals surface area contributed by atoms with Crippen molar-refractivity contribution in [3.05, 3.63) is 58.4 Å². The zero-order valence-electron chi connectivity index (χ0n) is 10.3. The van der Waals surface area contributed by atoms with Crippen LogP contribution in [0.3, 0.4) is 0 Å². The Morgan fingerprint density at radius 1 is 1.37 bits per heavy atom. The molecule has 1 aromatic heterocycles. The molecule has 0 spiro atoms. The molecule has 1 aromatic carbocycles. The van der Waals surface area contributed by atoms with E-state index in [9.17, 15) is 4.79 Å². The number of nitrogens with one attached hydrogen (secondary N) is 1. The summed E-state index contributed by atoms with van der Waals surface area (Å²) in [6.07, 6.45) is 1.64. The van der Waals surface area contributed by atoms with E-state index < -0.39 is 0 Å². The van der Waals surface area contributed by atoms with E-state index >= 15 is 0 Å². The Labute approximate surface area is 121 Å². The summed E-state index contributed by atoms with van der Waals surface area (Å²) in [7, 11) is 0. The van der Waals surface area contributed by atoms with Crippen LogP contribution in [0, 0.1) is 6.92 Å². The fourth-order valence-corrected chi connectivity index (χ4v) is 1.95. The Bertz CT molecular complexity index is 614. The van der Waals surface area contributed by atoms with Crippen molar-refractivity contribution in [2.75, 3.05) is 5.32 Å². The first kappa shape index (κ1) is 13.8. The molecule has 1 amide bonds. The minimum atomic E-state index is -0.235. The average Bonchev–Trinajstić information content (AvgIpc) is 2.43. The van der Waals surface area contributed by atoms with Crippen LogP contribution >= 0.6 is 23.2 Å². The monoisotopic (exact) mass is 294 g/mol. The van der Waals surface area contributed by atoms with Gasteiger partial charge in [0.15, 0.2) is 5.15 Å². The first-order valence-corrected chi connectivity index (χ1v) is 6.60. The number of anilines is 1. The van der Waals surface area contributed by atoms with Crippen molar-refractivity contribution in [2.45, 2.75) is 12.8 Å². The third-order valence-corrected chi connectivity index (χ3v) is 3.18. The molecule has 0 fully saturated rings. The molecule has 0 saturated heterocycles. The number of carbonyl (C=O) groups excluding carboxylic acids is 1. The van der Waals surface area contributed by atoms with E-state index in [4.69, 9.17) is 23.2 Å². The number of halogens is 2. The highest BCUT2D eigenvalue weighted by molar-refractivity contribution is 6.32. The maximum atomic E-state index is 12.1. The first-order chi connectivity index (χ1) is 9.10. The van der Waals surface area contributed by atoms with Gasteiger partial charge in [0.25, 0.3) is 5.91 Å². The Morgan fingerprint density at radius 3 is 2.89 bits per heavy atom. The van der Waals surface area contributed by atoms with Crippen LogP contribution in [-0.4, -0.2) is 10.9 Å². The lowest BCUT2D eigenvalue weighted by Gasteiger charge is -2.08. The van der Waals surface area contributed by atoms with Gasteiger partial charge in [0.1, 0.15) is 0 Å². The van der Waals surface area contributed by atoms with Crippen molar-refractivity contribution >= 4 is 34.8 Å². The zero-order valence-corrected chi connectivity index (χ0v) is 11.8. The minimum absolute atomic E-state index is 0.235. The third-order valence-electron chi connectivity index (χ3n) is 2.57. The molecule has 0 atom stereocenters. The quantitative estimate of drug-likeness (QED) is 0.686. The molecule has 3 nitrogen and oxygen atoms in total. The molecule has 0 aliphatic carbocycles. The molecule has 0 aliphatic rings. The van der Waals surface area contributed by atoms with Crippen LogP contribution in [0.2, 0.25) is 5.15 Å². The number of amides is 1. The van der Waals surface area contributed by atoms with Gasteiger partial charge in [0, 0.05) is 17.6 Å². The van der Waals surface area contributed by atoms with Gasteiger partial charge in [0.05, 0.1) is 5.69 Å².